The Balaban J connectivity index is -0.00000000689. The molecule has 0 aromatic heterocycles. The van der Waals surface area contributed by atoms with Crippen LogP contribution in [0.1, 0.15) is 59.8 Å². The fraction of sp³-hybridized carbons (Fsp3) is 0.957. The van der Waals surface area contributed by atoms with Gasteiger partial charge in [-0.3, -0.25) is 0 Å². The van der Waals surface area contributed by atoms with Crippen LogP contribution in [0.5, 0.6) is 0 Å². The van der Waals surface area contributed by atoms with Crippen LogP contribution in [0.15, 0.2) is 0 Å². The molecule has 3 aliphatic heterocycles. The van der Waals surface area contributed by atoms with Crippen LogP contribution >= 0.6 is 0 Å². The molecule has 0 saturated carbocycles. The first-order valence-electron chi connectivity index (χ1n) is 11.9. The molecule has 1 amide bonds. The van der Waals surface area contributed by atoms with Crippen molar-refractivity contribution >= 4 is 6.09 Å². The van der Waals surface area contributed by atoms with Gasteiger partial charge in [0.1, 0.15) is 5.60 Å². The second kappa shape index (κ2) is 143. The minimum atomic E-state index is -0.406. The van der Waals surface area contributed by atoms with Crippen molar-refractivity contribution in [3.8, 4) is 0 Å². The molecule has 3 aliphatic rings. The van der Waals surface area contributed by atoms with Gasteiger partial charge in [-0.2, -0.15) is 0 Å². The third-order valence-electron chi connectivity index (χ3n) is 6.03. The molecule has 8 nitrogen and oxygen atoms in total. The average molecular weight is 3110 g/mol. The van der Waals surface area contributed by atoms with Gasteiger partial charge >= 0.3 is 6.09 Å². The molecule has 30 radical (unpaired) electrons. The van der Waals surface area contributed by atoms with E-state index in [1.807, 2.05) is 20.8 Å². The largest absolute Gasteiger partial charge is 0.444 e. The first-order valence-corrected chi connectivity index (χ1v) is 11.9. The number of carbonyl (C=O) groups excluding carboxylic acids is 1. The van der Waals surface area contributed by atoms with Crippen molar-refractivity contribution in [1.82, 2.24) is 15.1 Å². The Hall–Kier alpha value is 32.2. The van der Waals surface area contributed by atoms with Gasteiger partial charge in [0.2, 0.25) is 0 Å². The van der Waals surface area contributed by atoms with Gasteiger partial charge in [-0.25, -0.2) is 4.79 Å². The predicted octanol–water partition coefficient (Wildman–Crippen LogP) is 1.94. The number of hydrogen-bond donors (Lipinski definition) is 3. The Kier molecular flexibility index (Phi) is 465. The molecule has 3 saturated heterocycles. The van der Waals surface area contributed by atoms with Crippen LogP contribution in [0.25, 0.3) is 0 Å². The van der Waals surface area contributed by atoms with Crippen LogP contribution in [0.3, 0.4) is 0 Å². The number of nitrogens with zero attached hydrogens (tertiary/aromatic N) is 2. The van der Waals surface area contributed by atoms with E-state index >= 15 is 0 Å². The molecular formula is C23H49N5O3Y30. The second-order valence-corrected chi connectivity index (χ2v) is 10.2. The maximum absolute atomic E-state index is 11.6. The van der Waals surface area contributed by atoms with Crippen LogP contribution in [-0.4, -0.2) is 93.1 Å². The third kappa shape index (κ3) is 136. The summed E-state index contributed by atoms with van der Waals surface area (Å²) >= 11 is 0. The number of nitrogens with one attached hydrogen (secondary N) is 1. The molecule has 5 N–H and O–H groups in total. The molecule has 38 heteroatoms. The van der Waals surface area contributed by atoms with E-state index < -0.39 is 5.60 Å². The Morgan fingerprint density at radius 3 is 1.05 bits per heavy atom. The van der Waals surface area contributed by atoms with Crippen LogP contribution in [0, 0.1) is 5.92 Å². The minimum Gasteiger partial charge on any atom is -0.444 e. The van der Waals surface area contributed by atoms with Crippen molar-refractivity contribution in [2.45, 2.75) is 83.5 Å². The number of amides is 1. The van der Waals surface area contributed by atoms with Crippen molar-refractivity contribution < 1.29 is 996 Å². The van der Waals surface area contributed by atoms with Gasteiger partial charge in [-0.1, -0.05) is 6.92 Å². The first-order chi connectivity index (χ1) is 14.5. The Bertz CT molecular complexity index is 535. The van der Waals surface area contributed by atoms with Gasteiger partial charge in [-0.05, 0) is 86.0 Å². The number of piperidine rings is 2. The molecule has 61 heavy (non-hydrogen) atoms. The van der Waals surface area contributed by atoms with Gasteiger partial charge in [0, 0.05) is 1020 Å². The third-order valence-corrected chi connectivity index (χ3v) is 6.03. The average Bonchev–Trinajstić information content (AvgIpc) is 2.71. The summed E-state index contributed by atoms with van der Waals surface area (Å²) in [6, 6.07) is 1.40. The molecule has 274 valence electrons. The summed E-state index contributed by atoms with van der Waals surface area (Å²) in [6.45, 7) is 13.4. The summed E-state index contributed by atoms with van der Waals surface area (Å²) in [5, 5.41) is 3.30. The maximum atomic E-state index is 11.6. The molecule has 0 aromatic rings. The van der Waals surface area contributed by atoms with Crippen LogP contribution < -0.4 is 16.8 Å². The fourth-order valence-corrected chi connectivity index (χ4v) is 3.60. The number of nitrogens with two attached hydrogens (primary N) is 2. The molecule has 0 spiro atoms. The Morgan fingerprint density at radius 2 is 0.836 bits per heavy atom. The van der Waals surface area contributed by atoms with E-state index in [9.17, 15) is 4.79 Å². The summed E-state index contributed by atoms with van der Waals surface area (Å²) in [5.74, 6) is 0.559. The van der Waals surface area contributed by atoms with Crippen molar-refractivity contribution in [2.75, 3.05) is 53.5 Å². The Morgan fingerprint density at radius 1 is 0.541 bits per heavy atom. The molecule has 2 unspecified atom stereocenters. The van der Waals surface area contributed by atoms with E-state index in [4.69, 9.17) is 20.9 Å². The van der Waals surface area contributed by atoms with E-state index in [0.717, 1.165) is 51.6 Å². The van der Waals surface area contributed by atoms with Gasteiger partial charge < -0.3 is 36.1 Å². The second-order valence-electron chi connectivity index (χ2n) is 10.2. The minimum absolute atomic E-state index is 0. The van der Waals surface area contributed by atoms with Crippen LogP contribution in [0.4, 0.5) is 4.79 Å². The van der Waals surface area contributed by atoms with Crippen molar-refractivity contribution in [3.63, 3.8) is 0 Å². The maximum Gasteiger partial charge on any atom is 0.410 e. The summed E-state index contributed by atoms with van der Waals surface area (Å²) in [6.07, 6.45) is 5.18. The zero-order chi connectivity index (χ0) is 23.4. The van der Waals surface area contributed by atoms with E-state index in [-0.39, 0.29) is 993 Å². The predicted molar refractivity (Wildman–Crippen MR) is 127 cm³/mol. The molecular weight excluding hydrogens is 3060 g/mol. The fourth-order valence-electron chi connectivity index (χ4n) is 3.60. The molecule has 3 rings (SSSR count). The standard InChI is InChI=1S/C10H20N2O2.C7H16N2.C6H13NO.30Y/c1-10(2,3)14-9(13)12-6-4-8(11)5-7-12;1-8-7-3-5-9(2)6-4-7;1-5-4-8-3-2-6(5)7;;;;;;;;;;;;;;;;;;;;;;;;;;;;;;/h8H,4-7,11H2,1-3H3;7-8H,3-6H2,1-2H3;5-6H,2-4,7H2,1H3;;;;;;;;;;;;;;;;;;;;;;;;;;;;;;. The number of carbonyl (C=O) groups is 1. The smallest absolute Gasteiger partial charge is 0.410 e. The normalized spacial score (nSPS) is 13.3. The van der Waals surface area contributed by atoms with Gasteiger partial charge in [-0.15, -0.1) is 0 Å². The zero-order valence-electron chi connectivity index (χ0n) is 38.2. The van der Waals surface area contributed by atoms with E-state index in [1.165, 1.54) is 25.9 Å². The molecule has 0 aromatic carbocycles. The van der Waals surface area contributed by atoms with E-state index in [0.29, 0.717) is 12.0 Å². The number of ether oxygens (including phenoxy) is 2. The number of hydrogen-bond acceptors (Lipinski definition) is 7. The van der Waals surface area contributed by atoms with Crippen LogP contribution in [0.2, 0.25) is 0 Å². The molecule has 3 heterocycles. The summed E-state index contributed by atoms with van der Waals surface area (Å²) in [4.78, 5) is 15.7. The van der Waals surface area contributed by atoms with Crippen molar-refractivity contribution in [2.24, 2.45) is 17.4 Å². The Labute approximate surface area is 1130 Å². The summed E-state index contributed by atoms with van der Waals surface area (Å²) in [5.41, 5.74) is 11.0. The molecule has 3 fully saturated rings. The number of likely N-dealkylation sites (tertiary alicyclic amines) is 2. The molecule has 0 bridgehead atoms. The monoisotopic (exact) mass is 3110 g/mol. The molecule has 2 atom stereocenters. The van der Waals surface area contributed by atoms with Crippen LogP contribution in [-0.2, 0) is 991 Å². The van der Waals surface area contributed by atoms with E-state index in [2.05, 4.69) is 31.2 Å². The van der Waals surface area contributed by atoms with Crippen molar-refractivity contribution in [1.29, 1.82) is 0 Å². The SMILES string of the molecule is CC(C)(C)OC(=O)N1CCC(N)CC1.CC1COCCC1N.CNC1CCN(C)CC1.[Y].[Y].[Y].[Y].[Y].[Y].[Y].[Y].[Y].[Y].[Y].[Y].[Y].[Y].[Y].[Y].[Y].[Y].[Y].[Y].[Y].[Y].[Y].[Y].[Y].[Y].[Y].[Y].[Y].[Y]. The van der Waals surface area contributed by atoms with Gasteiger partial charge in [0.05, 0.1) is 6.61 Å². The zero-order valence-corrected chi connectivity index (χ0v) is 123. The van der Waals surface area contributed by atoms with Crippen molar-refractivity contribution in [3.05, 3.63) is 0 Å². The van der Waals surface area contributed by atoms with Gasteiger partial charge in [0.15, 0.2) is 0 Å². The van der Waals surface area contributed by atoms with E-state index in [1.54, 1.807) is 4.90 Å². The summed E-state index contributed by atoms with van der Waals surface area (Å²) < 4.78 is 10.4. The topological polar surface area (TPSA) is 106 Å². The van der Waals surface area contributed by atoms with Gasteiger partial charge in [0.25, 0.3) is 0 Å². The summed E-state index contributed by atoms with van der Waals surface area (Å²) in [7, 11) is 4.24. The first kappa shape index (κ1) is 198. The quantitative estimate of drug-likeness (QED) is 0.369. The number of rotatable bonds is 1. The molecule has 0 aliphatic carbocycles.